The van der Waals surface area contributed by atoms with E-state index in [2.05, 4.69) is 5.32 Å². The second kappa shape index (κ2) is 7.38. The average Bonchev–Trinajstić information content (AvgIpc) is 2.72. The minimum atomic E-state index is -0.0266. The van der Waals surface area contributed by atoms with Gasteiger partial charge in [0, 0.05) is 13.6 Å². The van der Waals surface area contributed by atoms with E-state index in [-0.39, 0.29) is 11.8 Å². The van der Waals surface area contributed by atoms with Crippen molar-refractivity contribution in [3.63, 3.8) is 0 Å². The highest BCUT2D eigenvalue weighted by molar-refractivity contribution is 5.95. The van der Waals surface area contributed by atoms with Gasteiger partial charge in [-0.25, -0.2) is 0 Å². The summed E-state index contributed by atoms with van der Waals surface area (Å²) in [6.45, 7) is 2.82. The molecule has 3 rings (SSSR count). The van der Waals surface area contributed by atoms with E-state index in [9.17, 15) is 9.59 Å². The molecule has 1 aliphatic rings. The highest BCUT2D eigenvalue weighted by Crippen LogP contribution is 2.31. The quantitative estimate of drug-likeness (QED) is 0.932. The predicted octanol–water partition coefficient (Wildman–Crippen LogP) is 2.60. The van der Waals surface area contributed by atoms with Gasteiger partial charge in [0.05, 0.1) is 25.1 Å². The maximum atomic E-state index is 12.2. The first-order valence-corrected chi connectivity index (χ1v) is 8.37. The zero-order valence-corrected chi connectivity index (χ0v) is 14.5. The van der Waals surface area contributed by atoms with Crippen molar-refractivity contribution in [1.82, 2.24) is 5.32 Å². The molecule has 1 aliphatic heterocycles. The fourth-order valence-electron chi connectivity index (χ4n) is 2.88. The molecule has 0 radical (unpaired) electrons. The molecule has 0 spiro atoms. The van der Waals surface area contributed by atoms with E-state index in [0.717, 1.165) is 22.4 Å². The third-order valence-corrected chi connectivity index (χ3v) is 4.27. The zero-order chi connectivity index (χ0) is 17.8. The number of nitrogens with zero attached hydrogens (tertiary/aromatic N) is 1. The first-order chi connectivity index (χ1) is 12.0. The Labute approximate surface area is 147 Å². The Bertz CT molecular complexity index is 801. The summed E-state index contributed by atoms with van der Waals surface area (Å²) in [7, 11) is 1.75. The highest BCUT2D eigenvalue weighted by Gasteiger charge is 2.20. The lowest BCUT2D eigenvalue weighted by Gasteiger charge is -2.17. The summed E-state index contributed by atoms with van der Waals surface area (Å²) in [5.41, 5.74) is 3.82. The largest absolute Gasteiger partial charge is 0.491 e. The van der Waals surface area contributed by atoms with E-state index in [4.69, 9.17) is 4.74 Å². The van der Waals surface area contributed by atoms with Gasteiger partial charge >= 0.3 is 0 Å². The van der Waals surface area contributed by atoms with Crippen LogP contribution in [-0.2, 0) is 22.6 Å². The molecule has 0 fully saturated rings. The van der Waals surface area contributed by atoms with Crippen LogP contribution in [0.15, 0.2) is 42.5 Å². The Hall–Kier alpha value is -2.82. The highest BCUT2D eigenvalue weighted by atomic mass is 16.5. The van der Waals surface area contributed by atoms with Gasteiger partial charge in [0.1, 0.15) is 5.75 Å². The summed E-state index contributed by atoms with van der Waals surface area (Å²) in [6.07, 6.45) is 0.724. The van der Waals surface area contributed by atoms with E-state index in [1.165, 1.54) is 0 Å². The van der Waals surface area contributed by atoms with Crippen LogP contribution < -0.4 is 15.0 Å². The van der Waals surface area contributed by atoms with Crippen LogP contribution in [-0.4, -0.2) is 25.5 Å². The van der Waals surface area contributed by atoms with Crippen molar-refractivity contribution in [2.24, 2.45) is 0 Å². The number of benzene rings is 2. The average molecular weight is 338 g/mol. The number of ether oxygens (including phenoxy) is 1. The Morgan fingerprint density at radius 2 is 2.04 bits per heavy atom. The number of hydrogen-bond acceptors (Lipinski definition) is 3. The van der Waals surface area contributed by atoms with Gasteiger partial charge in [0.2, 0.25) is 11.8 Å². The van der Waals surface area contributed by atoms with Crippen LogP contribution in [0, 0.1) is 6.92 Å². The molecule has 5 heteroatoms. The van der Waals surface area contributed by atoms with Crippen LogP contribution in [0.3, 0.4) is 0 Å². The zero-order valence-electron chi connectivity index (χ0n) is 14.5. The minimum Gasteiger partial charge on any atom is -0.491 e. The lowest BCUT2D eigenvalue weighted by Crippen LogP contribution is -2.26. The van der Waals surface area contributed by atoms with Crippen molar-refractivity contribution in [3.8, 4) is 5.75 Å². The summed E-state index contributed by atoms with van der Waals surface area (Å²) in [6, 6.07) is 13.6. The number of hydrogen-bond donors (Lipinski definition) is 1. The third kappa shape index (κ3) is 4.18. The van der Waals surface area contributed by atoms with Gasteiger partial charge in [-0.15, -0.1) is 0 Å². The first-order valence-electron chi connectivity index (χ1n) is 8.37. The third-order valence-electron chi connectivity index (χ3n) is 4.27. The fraction of sp³-hybridized carbons (Fsp3) is 0.300. The minimum absolute atomic E-state index is 0.0266. The molecule has 2 amide bonds. The summed E-state index contributed by atoms with van der Waals surface area (Å²) < 4.78 is 5.61. The van der Waals surface area contributed by atoms with Crippen molar-refractivity contribution in [2.45, 2.75) is 26.3 Å². The normalized spacial score (nSPS) is 13.7. The van der Waals surface area contributed by atoms with E-state index in [1.807, 2.05) is 49.4 Å². The van der Waals surface area contributed by atoms with E-state index >= 15 is 0 Å². The van der Waals surface area contributed by atoms with Crippen LogP contribution in [0.5, 0.6) is 5.75 Å². The summed E-state index contributed by atoms with van der Waals surface area (Å²) in [5, 5.41) is 2.93. The van der Waals surface area contributed by atoms with Crippen molar-refractivity contribution in [2.75, 3.05) is 18.6 Å². The van der Waals surface area contributed by atoms with Crippen LogP contribution in [0.2, 0.25) is 0 Å². The topological polar surface area (TPSA) is 58.6 Å². The van der Waals surface area contributed by atoms with Crippen LogP contribution in [0.1, 0.15) is 23.1 Å². The number of aryl methyl sites for hydroxylation is 1. The van der Waals surface area contributed by atoms with Crippen molar-refractivity contribution in [3.05, 3.63) is 59.2 Å². The number of carbonyl (C=O) groups excluding carboxylic acids is 2. The number of nitrogens with one attached hydrogen (secondary N) is 1. The summed E-state index contributed by atoms with van der Waals surface area (Å²) in [5.74, 6) is 0.698. The molecule has 0 bridgehead atoms. The fourth-order valence-corrected chi connectivity index (χ4v) is 2.88. The maximum Gasteiger partial charge on any atom is 0.230 e. The van der Waals surface area contributed by atoms with Crippen LogP contribution >= 0.6 is 0 Å². The Morgan fingerprint density at radius 3 is 2.84 bits per heavy atom. The van der Waals surface area contributed by atoms with Gasteiger partial charge in [-0.2, -0.15) is 0 Å². The molecule has 0 aliphatic carbocycles. The molecule has 0 unspecified atom stereocenters. The molecule has 1 N–H and O–H groups in total. The van der Waals surface area contributed by atoms with Gasteiger partial charge in [-0.1, -0.05) is 35.9 Å². The molecule has 0 saturated heterocycles. The van der Waals surface area contributed by atoms with Gasteiger partial charge < -0.3 is 15.0 Å². The first kappa shape index (κ1) is 17.0. The standard InChI is InChI=1S/C20H22N2O3/c1-14-4-3-5-15(10-14)12-19(23)21-13-16-6-7-18-17(11-16)22(2)20(24)8-9-25-18/h3-7,10-11H,8-9,12-13H2,1-2H3,(H,21,23). The molecule has 0 aromatic heterocycles. The molecular weight excluding hydrogens is 316 g/mol. The molecule has 0 saturated carbocycles. The van der Waals surface area contributed by atoms with Gasteiger partial charge in [0.15, 0.2) is 0 Å². The number of rotatable bonds is 4. The summed E-state index contributed by atoms with van der Waals surface area (Å²) >= 11 is 0. The molecule has 0 atom stereocenters. The lowest BCUT2D eigenvalue weighted by atomic mass is 10.1. The molecule has 130 valence electrons. The molecule has 25 heavy (non-hydrogen) atoms. The number of carbonyl (C=O) groups is 2. The van der Waals surface area contributed by atoms with E-state index < -0.39 is 0 Å². The smallest absolute Gasteiger partial charge is 0.230 e. The van der Waals surface area contributed by atoms with E-state index in [1.54, 1.807) is 11.9 Å². The van der Waals surface area contributed by atoms with Gasteiger partial charge in [0.25, 0.3) is 0 Å². The summed E-state index contributed by atoms with van der Waals surface area (Å²) in [4.78, 5) is 25.7. The Balaban J connectivity index is 1.64. The van der Waals surface area contributed by atoms with E-state index in [0.29, 0.717) is 31.7 Å². The Morgan fingerprint density at radius 1 is 1.20 bits per heavy atom. The second-order valence-corrected chi connectivity index (χ2v) is 6.30. The van der Waals surface area contributed by atoms with Crippen molar-refractivity contribution in [1.29, 1.82) is 0 Å². The molecule has 2 aromatic rings. The van der Waals surface area contributed by atoms with Gasteiger partial charge in [-0.05, 0) is 30.2 Å². The second-order valence-electron chi connectivity index (χ2n) is 6.30. The number of amides is 2. The predicted molar refractivity (Wildman–Crippen MR) is 96.7 cm³/mol. The molecular formula is C20H22N2O3. The monoisotopic (exact) mass is 338 g/mol. The molecule has 1 heterocycles. The lowest BCUT2D eigenvalue weighted by molar-refractivity contribution is -0.120. The molecule has 5 nitrogen and oxygen atoms in total. The molecule has 2 aromatic carbocycles. The van der Waals surface area contributed by atoms with Crippen LogP contribution in [0.4, 0.5) is 5.69 Å². The maximum absolute atomic E-state index is 12.2. The number of fused-ring (bicyclic) bond motifs is 1. The van der Waals surface area contributed by atoms with Crippen molar-refractivity contribution < 1.29 is 14.3 Å². The van der Waals surface area contributed by atoms with Crippen LogP contribution in [0.25, 0.3) is 0 Å². The van der Waals surface area contributed by atoms with Gasteiger partial charge in [-0.3, -0.25) is 9.59 Å². The van der Waals surface area contributed by atoms with Crippen molar-refractivity contribution >= 4 is 17.5 Å². The Kier molecular flexibility index (Phi) is 5.03. The SMILES string of the molecule is Cc1cccc(CC(=O)NCc2ccc3c(c2)N(C)C(=O)CCO3)c1. The number of anilines is 1.